The molecule has 1 aliphatic carbocycles. The monoisotopic (exact) mass is 268 g/mol. The summed E-state index contributed by atoms with van der Waals surface area (Å²) in [6.45, 7) is 3.58. The number of nitrogens with one attached hydrogen (secondary N) is 1. The van der Waals surface area contributed by atoms with Crippen LogP contribution in [0, 0.1) is 5.92 Å². The highest BCUT2D eigenvalue weighted by Gasteiger charge is 2.33. The minimum Gasteiger partial charge on any atom is -0.394 e. The lowest BCUT2D eigenvalue weighted by Crippen LogP contribution is -2.50. The summed E-state index contributed by atoms with van der Waals surface area (Å²) < 4.78 is 1.63. The largest absolute Gasteiger partial charge is 0.394 e. The van der Waals surface area contributed by atoms with Crippen LogP contribution in [0.2, 0.25) is 0 Å². The number of hydrogen-bond donors (Lipinski definition) is 3. The molecule has 1 heterocycles. The highest BCUT2D eigenvalue weighted by atomic mass is 16.3. The Hall–Kier alpha value is -0.980. The predicted octanol–water partition coefficient (Wildman–Crippen LogP) is 0.301. The first kappa shape index (κ1) is 14.4. The van der Waals surface area contributed by atoms with Gasteiger partial charge in [0.1, 0.15) is 0 Å². The van der Waals surface area contributed by atoms with Gasteiger partial charge in [0.25, 0.3) is 0 Å². The summed E-state index contributed by atoms with van der Waals surface area (Å²) in [6.07, 6.45) is 6.17. The van der Waals surface area contributed by atoms with Gasteiger partial charge in [0.05, 0.1) is 25.5 Å². The van der Waals surface area contributed by atoms with Crippen molar-refractivity contribution in [3.63, 3.8) is 0 Å². The van der Waals surface area contributed by atoms with Gasteiger partial charge < -0.3 is 15.5 Å². The summed E-state index contributed by atoms with van der Waals surface area (Å²) in [6, 6.07) is 0. The zero-order valence-corrected chi connectivity index (χ0v) is 11.5. The Labute approximate surface area is 113 Å². The van der Waals surface area contributed by atoms with Gasteiger partial charge in [-0.3, -0.25) is 0 Å². The summed E-state index contributed by atoms with van der Waals surface area (Å²) in [7, 11) is 0. The molecule has 1 saturated carbocycles. The molecule has 1 aromatic rings. The van der Waals surface area contributed by atoms with Crippen LogP contribution in [0.25, 0.3) is 0 Å². The maximum Gasteiger partial charge on any atom is 0.0965 e. The van der Waals surface area contributed by atoms with E-state index in [0.717, 1.165) is 37.3 Å². The third-order valence-corrected chi connectivity index (χ3v) is 4.09. The topological polar surface area (TPSA) is 83.2 Å². The maximum atomic E-state index is 9.66. The average Bonchev–Trinajstić information content (AvgIpc) is 2.87. The van der Waals surface area contributed by atoms with Gasteiger partial charge in [-0.1, -0.05) is 12.1 Å². The first-order valence-electron chi connectivity index (χ1n) is 7.03. The average molecular weight is 268 g/mol. The molecule has 0 saturated heterocycles. The zero-order valence-electron chi connectivity index (χ0n) is 11.5. The molecular weight excluding hydrogens is 244 g/mol. The van der Waals surface area contributed by atoms with E-state index in [9.17, 15) is 5.11 Å². The lowest BCUT2D eigenvalue weighted by atomic mass is 9.77. The van der Waals surface area contributed by atoms with Crippen molar-refractivity contribution >= 4 is 0 Å². The molecule has 0 unspecified atom stereocenters. The van der Waals surface area contributed by atoms with Gasteiger partial charge in [0, 0.05) is 18.3 Å². The Morgan fingerprint density at radius 3 is 2.79 bits per heavy atom. The number of rotatable bonds is 6. The van der Waals surface area contributed by atoms with Gasteiger partial charge in [-0.25, -0.2) is 4.68 Å². The molecule has 2 rings (SSSR count). The normalized spacial score (nSPS) is 27.6. The van der Waals surface area contributed by atoms with Crippen molar-refractivity contribution in [2.24, 2.45) is 5.92 Å². The molecule has 0 bridgehead atoms. The molecule has 3 N–H and O–H groups in total. The van der Waals surface area contributed by atoms with Crippen LogP contribution in [0.4, 0.5) is 0 Å². The molecule has 1 aromatic heterocycles. The molecule has 1 aliphatic rings. The molecule has 0 atom stereocenters. The van der Waals surface area contributed by atoms with Crippen molar-refractivity contribution in [3.05, 3.63) is 11.9 Å². The van der Waals surface area contributed by atoms with E-state index in [1.54, 1.807) is 4.68 Å². The Morgan fingerprint density at radius 1 is 1.42 bits per heavy atom. The van der Waals surface area contributed by atoms with E-state index >= 15 is 0 Å². The molecule has 0 amide bonds. The number of aliphatic hydroxyl groups excluding tert-OH is 2. The molecule has 0 aromatic carbocycles. The van der Waals surface area contributed by atoms with Crippen LogP contribution in [0.3, 0.4) is 0 Å². The molecule has 0 radical (unpaired) electrons. The Kier molecular flexibility index (Phi) is 4.90. The van der Waals surface area contributed by atoms with Crippen LogP contribution in [-0.4, -0.2) is 44.0 Å². The first-order valence-corrected chi connectivity index (χ1v) is 7.03. The second-order valence-corrected chi connectivity index (χ2v) is 5.67. The molecule has 6 nitrogen and oxygen atoms in total. The van der Waals surface area contributed by atoms with Crippen LogP contribution in [-0.2, 0) is 13.1 Å². The van der Waals surface area contributed by atoms with Crippen LogP contribution in [0.5, 0.6) is 0 Å². The van der Waals surface area contributed by atoms with E-state index in [-0.39, 0.29) is 18.8 Å². The van der Waals surface area contributed by atoms with Crippen molar-refractivity contribution in [1.82, 2.24) is 20.3 Å². The molecule has 19 heavy (non-hydrogen) atoms. The van der Waals surface area contributed by atoms with E-state index < -0.39 is 0 Å². The van der Waals surface area contributed by atoms with Crippen molar-refractivity contribution in [2.45, 2.75) is 51.2 Å². The third kappa shape index (κ3) is 3.75. The van der Waals surface area contributed by atoms with Crippen molar-refractivity contribution < 1.29 is 10.2 Å². The number of hydrogen-bond acceptors (Lipinski definition) is 5. The summed E-state index contributed by atoms with van der Waals surface area (Å²) >= 11 is 0. The van der Waals surface area contributed by atoms with Crippen LogP contribution in [0.15, 0.2) is 6.20 Å². The van der Waals surface area contributed by atoms with Crippen molar-refractivity contribution in [1.29, 1.82) is 0 Å². The predicted molar refractivity (Wildman–Crippen MR) is 71.4 cm³/mol. The van der Waals surface area contributed by atoms with E-state index in [1.807, 2.05) is 6.20 Å². The quantitative estimate of drug-likeness (QED) is 0.691. The van der Waals surface area contributed by atoms with E-state index in [1.165, 1.54) is 0 Å². The second kappa shape index (κ2) is 6.45. The summed E-state index contributed by atoms with van der Waals surface area (Å²) in [5, 5.41) is 29.9. The summed E-state index contributed by atoms with van der Waals surface area (Å²) in [5.74, 6) is 0.756. The van der Waals surface area contributed by atoms with Gasteiger partial charge in [-0.05, 0) is 31.6 Å². The lowest BCUT2D eigenvalue weighted by molar-refractivity contribution is 0.104. The second-order valence-electron chi connectivity index (χ2n) is 5.67. The minimum absolute atomic E-state index is 0.0642. The molecule has 1 fully saturated rings. The minimum atomic E-state index is -0.159. The summed E-state index contributed by atoms with van der Waals surface area (Å²) in [5.41, 5.74) is 0.688. The van der Waals surface area contributed by atoms with Gasteiger partial charge in [-0.2, -0.15) is 0 Å². The standard InChI is InChI=1S/C13H24N4O2/c1-11-2-4-13(10-19,5-3-11)14-8-12-9-17(6-7-18)16-15-12/h9,11,14,18-19H,2-8,10H2,1H3. The Bertz CT molecular complexity index is 386. The van der Waals surface area contributed by atoms with E-state index in [0.29, 0.717) is 13.1 Å². The molecule has 0 spiro atoms. The lowest BCUT2D eigenvalue weighted by Gasteiger charge is -2.38. The number of nitrogens with zero attached hydrogens (tertiary/aromatic N) is 3. The van der Waals surface area contributed by atoms with E-state index in [2.05, 4.69) is 22.6 Å². The van der Waals surface area contributed by atoms with Crippen molar-refractivity contribution in [3.8, 4) is 0 Å². The number of aromatic nitrogens is 3. The van der Waals surface area contributed by atoms with Crippen LogP contribution in [0.1, 0.15) is 38.3 Å². The fourth-order valence-corrected chi connectivity index (χ4v) is 2.61. The van der Waals surface area contributed by atoms with Gasteiger partial charge in [0.2, 0.25) is 0 Å². The molecule has 6 heteroatoms. The number of aliphatic hydroxyl groups is 2. The highest BCUT2D eigenvalue weighted by Crippen LogP contribution is 2.31. The Balaban J connectivity index is 1.88. The first-order chi connectivity index (χ1) is 9.17. The summed E-state index contributed by atoms with van der Waals surface area (Å²) in [4.78, 5) is 0. The fraction of sp³-hybridized carbons (Fsp3) is 0.846. The van der Waals surface area contributed by atoms with E-state index in [4.69, 9.17) is 5.11 Å². The Morgan fingerprint density at radius 2 is 2.16 bits per heavy atom. The molecular formula is C13H24N4O2. The molecule has 108 valence electrons. The molecule has 0 aliphatic heterocycles. The van der Waals surface area contributed by atoms with Gasteiger partial charge in [0.15, 0.2) is 0 Å². The third-order valence-electron chi connectivity index (χ3n) is 4.09. The zero-order chi connectivity index (χ0) is 13.7. The smallest absolute Gasteiger partial charge is 0.0965 e. The highest BCUT2D eigenvalue weighted by molar-refractivity contribution is 4.97. The fourth-order valence-electron chi connectivity index (χ4n) is 2.61. The SMILES string of the molecule is CC1CCC(CO)(NCc2cn(CCO)nn2)CC1. The van der Waals surface area contributed by atoms with Gasteiger partial charge >= 0.3 is 0 Å². The maximum absolute atomic E-state index is 9.66. The van der Waals surface area contributed by atoms with Crippen molar-refractivity contribution in [2.75, 3.05) is 13.2 Å². The van der Waals surface area contributed by atoms with Crippen LogP contribution >= 0.6 is 0 Å². The van der Waals surface area contributed by atoms with Crippen LogP contribution < -0.4 is 5.32 Å². The van der Waals surface area contributed by atoms with Gasteiger partial charge in [-0.15, -0.1) is 5.10 Å².